The Labute approximate surface area is 85.5 Å². The lowest BCUT2D eigenvalue weighted by Crippen LogP contribution is -2.46. The molecule has 84 valence electrons. The second-order valence-electron chi connectivity index (χ2n) is 4.68. The van der Waals surface area contributed by atoms with Gasteiger partial charge >= 0.3 is 0 Å². The monoisotopic (exact) mass is 205 g/mol. The van der Waals surface area contributed by atoms with E-state index in [1.807, 2.05) is 4.90 Å². The molecule has 1 aliphatic rings. The van der Waals surface area contributed by atoms with Gasteiger partial charge in [-0.1, -0.05) is 13.8 Å². The van der Waals surface area contributed by atoms with Gasteiger partial charge in [0.2, 0.25) is 0 Å². The van der Waals surface area contributed by atoms with E-state index >= 15 is 0 Å². The molecule has 0 N–H and O–H groups in total. The summed E-state index contributed by atoms with van der Waals surface area (Å²) in [7, 11) is 0. The predicted octanol–water partition coefficient (Wildman–Crippen LogP) is 3.01. The van der Waals surface area contributed by atoms with E-state index < -0.39 is 6.43 Å². The maximum Gasteiger partial charge on any atom is 0.251 e. The fourth-order valence-corrected chi connectivity index (χ4v) is 2.57. The molecule has 2 atom stereocenters. The van der Waals surface area contributed by atoms with E-state index in [1.54, 1.807) is 0 Å². The van der Waals surface area contributed by atoms with Crippen molar-refractivity contribution in [3.8, 4) is 0 Å². The molecule has 0 aromatic rings. The Balaban J connectivity index is 2.52. The molecule has 0 radical (unpaired) electrons. The molecule has 1 saturated heterocycles. The summed E-state index contributed by atoms with van der Waals surface area (Å²) >= 11 is 0. The zero-order valence-corrected chi connectivity index (χ0v) is 9.34. The molecule has 0 aromatic carbocycles. The maximum absolute atomic E-state index is 12.3. The van der Waals surface area contributed by atoms with Crippen LogP contribution in [0.25, 0.3) is 0 Å². The van der Waals surface area contributed by atoms with E-state index in [0.717, 1.165) is 13.0 Å². The number of halogens is 2. The minimum Gasteiger partial charge on any atom is -0.295 e. The fraction of sp³-hybridized carbons (Fsp3) is 1.00. The molecule has 0 spiro atoms. The summed E-state index contributed by atoms with van der Waals surface area (Å²) in [5, 5.41) is 0. The van der Waals surface area contributed by atoms with Gasteiger partial charge in [-0.15, -0.1) is 0 Å². The van der Waals surface area contributed by atoms with Crippen LogP contribution in [0.3, 0.4) is 0 Å². The minimum atomic E-state index is -2.19. The molecule has 1 rings (SSSR count). The van der Waals surface area contributed by atoms with Crippen LogP contribution in [-0.2, 0) is 0 Å². The van der Waals surface area contributed by atoms with Gasteiger partial charge in [0.15, 0.2) is 0 Å². The van der Waals surface area contributed by atoms with E-state index in [-0.39, 0.29) is 6.54 Å². The summed E-state index contributed by atoms with van der Waals surface area (Å²) in [6, 6.07) is 0.317. The largest absolute Gasteiger partial charge is 0.295 e. The molecule has 0 bridgehead atoms. The quantitative estimate of drug-likeness (QED) is 0.684. The second kappa shape index (κ2) is 5.06. The van der Waals surface area contributed by atoms with Crippen molar-refractivity contribution in [1.29, 1.82) is 0 Å². The number of piperidine rings is 1. The van der Waals surface area contributed by atoms with Crippen LogP contribution in [0.2, 0.25) is 0 Å². The molecule has 0 amide bonds. The SMILES string of the molecule is CC(C)[C@@H]1CCCN(CC(F)F)C1C. The Morgan fingerprint density at radius 1 is 1.36 bits per heavy atom. The Morgan fingerprint density at radius 2 is 2.00 bits per heavy atom. The average molecular weight is 205 g/mol. The first-order chi connectivity index (χ1) is 6.52. The van der Waals surface area contributed by atoms with Gasteiger partial charge in [0.1, 0.15) is 0 Å². The zero-order valence-electron chi connectivity index (χ0n) is 9.34. The molecule has 1 heterocycles. The summed E-state index contributed by atoms with van der Waals surface area (Å²) in [4.78, 5) is 1.94. The first-order valence-corrected chi connectivity index (χ1v) is 5.54. The van der Waals surface area contributed by atoms with E-state index in [4.69, 9.17) is 0 Å². The first-order valence-electron chi connectivity index (χ1n) is 5.54. The summed E-state index contributed by atoms with van der Waals surface area (Å²) < 4.78 is 24.6. The highest BCUT2D eigenvalue weighted by Gasteiger charge is 2.30. The van der Waals surface area contributed by atoms with Gasteiger partial charge in [-0.25, -0.2) is 8.78 Å². The first kappa shape index (κ1) is 11.9. The highest BCUT2D eigenvalue weighted by atomic mass is 19.3. The molecule has 0 saturated carbocycles. The van der Waals surface area contributed by atoms with Crippen molar-refractivity contribution in [2.45, 2.75) is 46.1 Å². The number of rotatable bonds is 3. The van der Waals surface area contributed by atoms with Gasteiger partial charge in [0.05, 0.1) is 6.54 Å². The number of hydrogen-bond donors (Lipinski definition) is 0. The van der Waals surface area contributed by atoms with E-state index in [2.05, 4.69) is 20.8 Å². The lowest BCUT2D eigenvalue weighted by atomic mass is 9.82. The molecule has 1 fully saturated rings. The van der Waals surface area contributed by atoms with Gasteiger partial charge in [-0.2, -0.15) is 0 Å². The van der Waals surface area contributed by atoms with Crippen molar-refractivity contribution >= 4 is 0 Å². The number of alkyl halides is 2. The highest BCUT2D eigenvalue weighted by molar-refractivity contribution is 4.83. The number of nitrogens with zero attached hydrogens (tertiary/aromatic N) is 1. The van der Waals surface area contributed by atoms with Crippen LogP contribution in [0.4, 0.5) is 8.78 Å². The van der Waals surface area contributed by atoms with Crippen molar-refractivity contribution in [1.82, 2.24) is 4.90 Å². The molecule has 0 aromatic heterocycles. The van der Waals surface area contributed by atoms with Crippen LogP contribution < -0.4 is 0 Å². The van der Waals surface area contributed by atoms with Crippen LogP contribution in [0.1, 0.15) is 33.6 Å². The standard InChI is InChI=1S/C11H21F2N/c1-8(2)10-5-4-6-14(9(10)3)7-11(12)13/h8-11H,4-7H2,1-3H3/t9?,10-/m0/s1. The summed E-state index contributed by atoms with van der Waals surface area (Å²) in [5.74, 6) is 1.19. The zero-order chi connectivity index (χ0) is 10.7. The Kier molecular flexibility index (Phi) is 4.30. The van der Waals surface area contributed by atoms with Crippen molar-refractivity contribution < 1.29 is 8.78 Å². The third kappa shape index (κ3) is 2.91. The topological polar surface area (TPSA) is 3.24 Å². The van der Waals surface area contributed by atoms with E-state index in [0.29, 0.717) is 17.9 Å². The van der Waals surface area contributed by atoms with Crippen LogP contribution in [0, 0.1) is 11.8 Å². The van der Waals surface area contributed by atoms with Crippen LogP contribution in [0.5, 0.6) is 0 Å². The van der Waals surface area contributed by atoms with Crippen molar-refractivity contribution in [3.05, 3.63) is 0 Å². The molecule has 14 heavy (non-hydrogen) atoms. The van der Waals surface area contributed by atoms with Crippen LogP contribution >= 0.6 is 0 Å². The van der Waals surface area contributed by atoms with Crippen LogP contribution in [-0.4, -0.2) is 30.5 Å². The summed E-state index contributed by atoms with van der Waals surface area (Å²) in [5.41, 5.74) is 0. The molecular formula is C11H21F2N. The number of hydrogen-bond acceptors (Lipinski definition) is 1. The molecule has 1 unspecified atom stereocenters. The van der Waals surface area contributed by atoms with Gasteiger partial charge in [-0.3, -0.25) is 4.90 Å². The van der Waals surface area contributed by atoms with E-state index in [1.165, 1.54) is 6.42 Å². The smallest absolute Gasteiger partial charge is 0.251 e. The molecule has 1 nitrogen and oxygen atoms in total. The molecule has 1 aliphatic heterocycles. The summed E-state index contributed by atoms with van der Waals surface area (Å²) in [6.07, 6.45) is 0.0710. The van der Waals surface area contributed by atoms with Crippen LogP contribution in [0.15, 0.2) is 0 Å². The van der Waals surface area contributed by atoms with Crippen molar-refractivity contribution in [2.75, 3.05) is 13.1 Å². The highest BCUT2D eigenvalue weighted by Crippen LogP contribution is 2.29. The predicted molar refractivity (Wildman–Crippen MR) is 54.6 cm³/mol. The number of likely N-dealkylation sites (tertiary alicyclic amines) is 1. The van der Waals surface area contributed by atoms with Crippen molar-refractivity contribution in [3.63, 3.8) is 0 Å². The normalized spacial score (nSPS) is 30.2. The van der Waals surface area contributed by atoms with E-state index in [9.17, 15) is 8.78 Å². The maximum atomic E-state index is 12.3. The lowest BCUT2D eigenvalue weighted by molar-refractivity contribution is 0.0209. The third-order valence-corrected chi connectivity index (χ3v) is 3.41. The van der Waals surface area contributed by atoms with Gasteiger partial charge < -0.3 is 0 Å². The van der Waals surface area contributed by atoms with Gasteiger partial charge in [0, 0.05) is 6.04 Å². The molecular weight excluding hydrogens is 184 g/mol. The molecule has 3 heteroatoms. The summed E-state index contributed by atoms with van der Waals surface area (Å²) in [6.45, 7) is 7.26. The Morgan fingerprint density at radius 3 is 2.50 bits per heavy atom. The third-order valence-electron chi connectivity index (χ3n) is 3.41. The Hall–Kier alpha value is -0.180. The minimum absolute atomic E-state index is 0.0512. The second-order valence-corrected chi connectivity index (χ2v) is 4.68. The van der Waals surface area contributed by atoms with Gasteiger partial charge in [0.25, 0.3) is 6.43 Å². The fourth-order valence-electron chi connectivity index (χ4n) is 2.57. The van der Waals surface area contributed by atoms with Crippen molar-refractivity contribution in [2.24, 2.45) is 11.8 Å². The van der Waals surface area contributed by atoms with Gasteiger partial charge in [-0.05, 0) is 38.1 Å². The average Bonchev–Trinajstić information content (AvgIpc) is 2.07. The lowest BCUT2D eigenvalue weighted by Gasteiger charge is -2.41. The Bertz CT molecular complexity index is 171. The molecule has 0 aliphatic carbocycles.